The zero-order chi connectivity index (χ0) is 10.1. The van der Waals surface area contributed by atoms with E-state index >= 15 is 0 Å². The smallest absolute Gasteiger partial charge is 0.0442 e. The maximum absolute atomic E-state index is 5.34. The van der Waals surface area contributed by atoms with Crippen LogP contribution in [0.25, 0.3) is 0 Å². The maximum atomic E-state index is 5.34. The summed E-state index contributed by atoms with van der Waals surface area (Å²) in [5.74, 6) is 7.04. The van der Waals surface area contributed by atoms with Crippen molar-refractivity contribution in [3.8, 4) is 0 Å². The second-order valence-electron chi connectivity index (χ2n) is 2.88. The summed E-state index contributed by atoms with van der Waals surface area (Å²) < 4.78 is 0. The minimum absolute atomic E-state index is 0.580. The van der Waals surface area contributed by atoms with Gasteiger partial charge in [-0.3, -0.25) is 5.84 Å². The van der Waals surface area contributed by atoms with Crippen LogP contribution in [0.3, 0.4) is 0 Å². The van der Waals surface area contributed by atoms with Gasteiger partial charge in [0.25, 0.3) is 0 Å². The molecule has 0 aliphatic carbocycles. The first-order valence-electron chi connectivity index (χ1n) is 4.41. The van der Waals surface area contributed by atoms with Crippen LogP contribution in [0.5, 0.6) is 0 Å². The second-order valence-corrected chi connectivity index (χ2v) is 4.55. The van der Waals surface area contributed by atoms with Gasteiger partial charge in [0, 0.05) is 11.4 Å². The van der Waals surface area contributed by atoms with Gasteiger partial charge in [0.1, 0.15) is 0 Å². The summed E-state index contributed by atoms with van der Waals surface area (Å²) in [6, 6.07) is 0. The molecule has 0 radical (unpaired) electrons. The molecule has 76 valence electrons. The van der Waals surface area contributed by atoms with Crippen molar-refractivity contribution in [1.82, 2.24) is 5.43 Å². The average Bonchev–Trinajstić information content (AvgIpc) is 2.12. The highest BCUT2D eigenvalue weighted by Gasteiger charge is 1.94. The quantitative estimate of drug-likeness (QED) is 0.311. The third kappa shape index (κ3) is 7.12. The summed E-state index contributed by atoms with van der Waals surface area (Å²) in [5, 5.41) is 0. The molecule has 0 fully saturated rings. The van der Waals surface area contributed by atoms with E-state index in [1.807, 2.05) is 6.08 Å². The van der Waals surface area contributed by atoms with Crippen LogP contribution in [0.4, 0.5) is 0 Å². The molecular weight excluding hydrogens is 199 g/mol. The van der Waals surface area contributed by atoms with Crippen LogP contribution >= 0.6 is 19.8 Å². The van der Waals surface area contributed by atoms with Crippen molar-refractivity contribution in [3.05, 3.63) is 23.9 Å². The highest BCUT2D eigenvalue weighted by Crippen LogP contribution is 2.16. The molecule has 0 bridgehead atoms. The van der Waals surface area contributed by atoms with E-state index in [1.54, 1.807) is 11.4 Å². The number of allylic oxidation sites excluding steroid dienone is 3. The van der Waals surface area contributed by atoms with Gasteiger partial charge in [0.05, 0.1) is 0 Å². The molecule has 2 unspecified atom stereocenters. The Kier molecular flexibility index (Phi) is 8.62. The van der Waals surface area contributed by atoms with Crippen LogP contribution in [0.2, 0.25) is 0 Å². The molecule has 0 heterocycles. The van der Waals surface area contributed by atoms with Crippen molar-refractivity contribution in [1.29, 1.82) is 0 Å². The van der Waals surface area contributed by atoms with Crippen LogP contribution < -0.4 is 11.3 Å². The third-order valence-electron chi connectivity index (χ3n) is 1.55. The summed E-state index contributed by atoms with van der Waals surface area (Å²) >= 11 is 1.78. The molecule has 0 aliphatic rings. The number of hydrogen-bond acceptors (Lipinski definition) is 3. The summed E-state index contributed by atoms with van der Waals surface area (Å²) in [5.41, 5.74) is 3.65. The van der Waals surface area contributed by atoms with Crippen LogP contribution in [-0.2, 0) is 0 Å². The maximum Gasteiger partial charge on any atom is 0.0442 e. The highest BCUT2D eigenvalue weighted by atomic mass is 32.7. The summed E-state index contributed by atoms with van der Waals surface area (Å²) in [6.45, 7) is 4.28. The molecule has 4 heteroatoms. The van der Waals surface area contributed by atoms with Crippen LogP contribution in [0, 0.1) is 5.92 Å². The van der Waals surface area contributed by atoms with E-state index in [0.717, 1.165) is 17.9 Å². The second kappa shape index (κ2) is 8.61. The van der Waals surface area contributed by atoms with Crippen molar-refractivity contribution in [2.45, 2.75) is 20.3 Å². The number of rotatable bonds is 6. The molecule has 0 amide bonds. The largest absolute Gasteiger partial charge is 0.324 e. The predicted molar refractivity (Wildman–Crippen MR) is 66.2 cm³/mol. The van der Waals surface area contributed by atoms with Crippen molar-refractivity contribution in [2.24, 2.45) is 11.8 Å². The van der Waals surface area contributed by atoms with E-state index in [0.29, 0.717) is 5.92 Å². The zero-order valence-electron chi connectivity index (χ0n) is 8.29. The van der Waals surface area contributed by atoms with Crippen molar-refractivity contribution < 1.29 is 0 Å². The van der Waals surface area contributed by atoms with Gasteiger partial charge >= 0.3 is 0 Å². The van der Waals surface area contributed by atoms with E-state index in [4.69, 9.17) is 5.84 Å². The van der Waals surface area contributed by atoms with Gasteiger partial charge in [-0.1, -0.05) is 34.4 Å². The predicted octanol–water partition coefficient (Wildman–Crippen LogP) is 2.46. The van der Waals surface area contributed by atoms with E-state index in [2.05, 4.69) is 39.9 Å². The van der Waals surface area contributed by atoms with Gasteiger partial charge in [-0.2, -0.15) is 0 Å². The molecule has 13 heavy (non-hydrogen) atoms. The molecule has 0 rings (SSSR count). The molecule has 2 atom stereocenters. The van der Waals surface area contributed by atoms with Gasteiger partial charge < -0.3 is 5.43 Å². The first kappa shape index (κ1) is 13.0. The summed E-state index contributed by atoms with van der Waals surface area (Å²) in [6.07, 6.45) is 7.27. The van der Waals surface area contributed by atoms with Crippen molar-refractivity contribution >= 4 is 19.8 Å². The fourth-order valence-corrected chi connectivity index (χ4v) is 2.20. The van der Waals surface area contributed by atoms with E-state index in [1.165, 1.54) is 0 Å². The molecule has 0 saturated carbocycles. The minimum atomic E-state index is 0.580. The standard InChI is InChI=1S/C9H19N2PS/c1-3-4-9(11-10)6-5-8(2)7-13-12/h4-6,8,11H,3,7,10,12H2,1-2H3/b6-5-,9-4+. The first-order valence-corrected chi connectivity index (χ1v) is 6.87. The zero-order valence-corrected chi connectivity index (χ0v) is 10.3. The highest BCUT2D eigenvalue weighted by molar-refractivity contribution is 8.43. The summed E-state index contributed by atoms with van der Waals surface area (Å²) in [7, 11) is 2.66. The Bertz CT molecular complexity index is 180. The van der Waals surface area contributed by atoms with Gasteiger partial charge in [0.15, 0.2) is 0 Å². The van der Waals surface area contributed by atoms with Crippen LogP contribution in [0.15, 0.2) is 23.9 Å². The van der Waals surface area contributed by atoms with E-state index in [-0.39, 0.29) is 0 Å². The Balaban J connectivity index is 3.98. The Morgan fingerprint density at radius 3 is 2.85 bits per heavy atom. The number of nitrogens with two attached hydrogens (primary N) is 1. The SMILES string of the molecule is CC/C=C(\C=C/C(C)CSP)NN. The molecule has 0 aromatic rings. The Hall–Kier alpha value is 0.0200. The lowest BCUT2D eigenvalue weighted by molar-refractivity contribution is 0.838. The fourth-order valence-electron chi connectivity index (χ4n) is 0.870. The van der Waals surface area contributed by atoms with Gasteiger partial charge in [-0.25, -0.2) is 0 Å². The molecule has 0 saturated heterocycles. The van der Waals surface area contributed by atoms with E-state index < -0.39 is 0 Å². The van der Waals surface area contributed by atoms with Crippen molar-refractivity contribution in [3.63, 3.8) is 0 Å². The Morgan fingerprint density at radius 1 is 1.69 bits per heavy atom. The molecular formula is C9H19N2PS. The molecule has 0 aliphatic heterocycles. The average molecular weight is 218 g/mol. The minimum Gasteiger partial charge on any atom is -0.324 e. The van der Waals surface area contributed by atoms with Crippen LogP contribution in [0.1, 0.15) is 20.3 Å². The first-order chi connectivity index (χ1) is 6.24. The summed E-state index contributed by atoms with van der Waals surface area (Å²) in [4.78, 5) is 0. The molecule has 2 nitrogen and oxygen atoms in total. The lowest BCUT2D eigenvalue weighted by atomic mass is 10.2. The third-order valence-corrected chi connectivity index (χ3v) is 2.85. The topological polar surface area (TPSA) is 38.0 Å². The number of hydrogen-bond donors (Lipinski definition) is 2. The number of nitrogens with one attached hydrogen (secondary N) is 1. The fraction of sp³-hybridized carbons (Fsp3) is 0.556. The normalized spacial score (nSPS) is 14.9. The Morgan fingerprint density at radius 2 is 2.38 bits per heavy atom. The van der Waals surface area contributed by atoms with Gasteiger partial charge in [0.2, 0.25) is 0 Å². The monoisotopic (exact) mass is 218 g/mol. The van der Waals surface area contributed by atoms with Crippen molar-refractivity contribution in [2.75, 3.05) is 5.75 Å². The van der Waals surface area contributed by atoms with Gasteiger partial charge in [-0.15, -0.1) is 11.4 Å². The number of hydrazine groups is 1. The molecule has 3 N–H and O–H groups in total. The van der Waals surface area contributed by atoms with Crippen LogP contribution in [-0.4, -0.2) is 5.75 Å². The molecule has 0 aromatic carbocycles. The molecule has 0 aromatic heterocycles. The van der Waals surface area contributed by atoms with Gasteiger partial charge in [-0.05, 0) is 18.4 Å². The lowest BCUT2D eigenvalue weighted by Crippen LogP contribution is -2.19. The molecule has 0 spiro atoms. The van der Waals surface area contributed by atoms with E-state index in [9.17, 15) is 0 Å². The lowest BCUT2D eigenvalue weighted by Gasteiger charge is -2.04. The Labute approximate surface area is 87.3 Å².